The number of carbonyl (C=O) groups excluding carboxylic acids is 2. The fourth-order valence-corrected chi connectivity index (χ4v) is 3.71. The summed E-state index contributed by atoms with van der Waals surface area (Å²) >= 11 is 0. The van der Waals surface area contributed by atoms with E-state index in [1.54, 1.807) is 17.0 Å². The van der Waals surface area contributed by atoms with E-state index >= 15 is 0 Å². The number of rotatable bonds is 8. The van der Waals surface area contributed by atoms with Gasteiger partial charge >= 0.3 is 0 Å². The van der Waals surface area contributed by atoms with Crippen molar-refractivity contribution in [3.05, 3.63) is 47.0 Å². The van der Waals surface area contributed by atoms with Crippen LogP contribution in [-0.4, -0.2) is 50.6 Å². The van der Waals surface area contributed by atoms with E-state index in [-0.39, 0.29) is 18.4 Å². The molecule has 0 aromatic heterocycles. The van der Waals surface area contributed by atoms with E-state index in [1.807, 2.05) is 19.1 Å². The number of nitrogens with one attached hydrogen (secondary N) is 1. The molecule has 3 rings (SSSR count). The summed E-state index contributed by atoms with van der Waals surface area (Å²) in [5, 5.41) is 2.82. The van der Waals surface area contributed by atoms with Gasteiger partial charge in [0.2, 0.25) is 0 Å². The maximum atomic E-state index is 13.1. The van der Waals surface area contributed by atoms with E-state index in [1.165, 1.54) is 14.2 Å². The highest BCUT2D eigenvalue weighted by molar-refractivity contribution is 6.05. The molecule has 1 aliphatic heterocycles. The molecule has 1 saturated heterocycles. The van der Waals surface area contributed by atoms with Crippen LogP contribution in [-0.2, 0) is 4.79 Å². The SMILES string of the molecule is COc1cc(NC(=O)COc2cc(C(C)C)ccc2C)c(C(=O)N2CCCC2)cc1OC. The molecular weight excluding hydrogens is 408 g/mol. The van der Waals surface area contributed by atoms with Crippen LogP contribution in [0.3, 0.4) is 0 Å². The predicted molar refractivity (Wildman–Crippen MR) is 124 cm³/mol. The molecule has 0 atom stereocenters. The number of carbonyl (C=O) groups is 2. The molecule has 2 amide bonds. The molecular formula is C25H32N2O5. The number of hydrogen-bond acceptors (Lipinski definition) is 5. The number of methoxy groups -OCH3 is 2. The Morgan fingerprint density at radius 1 is 1.00 bits per heavy atom. The van der Waals surface area contributed by atoms with Crippen LogP contribution in [0.1, 0.15) is 54.1 Å². The van der Waals surface area contributed by atoms with Crippen LogP contribution in [0.15, 0.2) is 30.3 Å². The lowest BCUT2D eigenvalue weighted by atomic mass is 10.0. The molecule has 0 aliphatic carbocycles. The predicted octanol–water partition coefficient (Wildman–Crippen LogP) is 4.39. The van der Waals surface area contributed by atoms with Crippen molar-refractivity contribution < 1.29 is 23.8 Å². The van der Waals surface area contributed by atoms with Gasteiger partial charge in [-0.2, -0.15) is 0 Å². The normalized spacial score (nSPS) is 13.2. The zero-order valence-corrected chi connectivity index (χ0v) is 19.5. The number of nitrogens with zero attached hydrogens (tertiary/aromatic N) is 1. The highest BCUT2D eigenvalue weighted by Crippen LogP contribution is 2.34. The maximum Gasteiger partial charge on any atom is 0.262 e. The van der Waals surface area contributed by atoms with Gasteiger partial charge in [0.1, 0.15) is 5.75 Å². The van der Waals surface area contributed by atoms with Gasteiger partial charge in [0.15, 0.2) is 18.1 Å². The molecule has 2 aromatic rings. The first-order chi connectivity index (χ1) is 15.3. The lowest BCUT2D eigenvalue weighted by molar-refractivity contribution is -0.118. The fourth-order valence-electron chi connectivity index (χ4n) is 3.71. The van der Waals surface area contributed by atoms with Gasteiger partial charge in [-0.05, 0) is 48.9 Å². The Hall–Kier alpha value is -3.22. The molecule has 1 aliphatic rings. The number of benzene rings is 2. The summed E-state index contributed by atoms with van der Waals surface area (Å²) in [7, 11) is 3.03. The van der Waals surface area contributed by atoms with Crippen LogP contribution >= 0.6 is 0 Å². The Labute approximate surface area is 189 Å². The van der Waals surface area contributed by atoms with Crippen LogP contribution in [0, 0.1) is 6.92 Å². The topological polar surface area (TPSA) is 77.1 Å². The molecule has 2 aromatic carbocycles. The van der Waals surface area contributed by atoms with Crippen LogP contribution < -0.4 is 19.5 Å². The third-order valence-corrected chi connectivity index (χ3v) is 5.66. The monoisotopic (exact) mass is 440 g/mol. The number of ether oxygens (including phenoxy) is 3. The van der Waals surface area contributed by atoms with Gasteiger partial charge in [0.05, 0.1) is 25.5 Å². The third-order valence-electron chi connectivity index (χ3n) is 5.66. The Kier molecular flexibility index (Phi) is 7.62. The van der Waals surface area contributed by atoms with Crippen molar-refractivity contribution in [2.45, 2.75) is 39.5 Å². The van der Waals surface area contributed by atoms with Crippen LogP contribution in [0.25, 0.3) is 0 Å². The first kappa shape index (κ1) is 23.4. The van der Waals surface area contributed by atoms with Crippen molar-refractivity contribution in [3.63, 3.8) is 0 Å². The Balaban J connectivity index is 1.80. The molecule has 32 heavy (non-hydrogen) atoms. The summed E-state index contributed by atoms with van der Waals surface area (Å²) in [5.74, 6) is 1.40. The first-order valence-corrected chi connectivity index (χ1v) is 10.9. The molecule has 7 heteroatoms. The lowest BCUT2D eigenvalue weighted by Crippen LogP contribution is -2.29. The second kappa shape index (κ2) is 10.4. The second-order valence-electron chi connectivity index (χ2n) is 8.27. The molecule has 1 fully saturated rings. The molecule has 7 nitrogen and oxygen atoms in total. The third kappa shape index (κ3) is 5.33. The minimum Gasteiger partial charge on any atom is -0.493 e. The van der Waals surface area contributed by atoms with Crippen molar-refractivity contribution in [2.24, 2.45) is 0 Å². The number of likely N-dealkylation sites (tertiary alicyclic amines) is 1. The molecule has 1 heterocycles. The summed E-state index contributed by atoms with van der Waals surface area (Å²) in [6.45, 7) is 7.39. The summed E-state index contributed by atoms with van der Waals surface area (Å²) in [6.07, 6.45) is 1.95. The summed E-state index contributed by atoms with van der Waals surface area (Å²) in [5.41, 5.74) is 2.85. The molecule has 0 saturated carbocycles. The van der Waals surface area contributed by atoms with E-state index in [0.29, 0.717) is 47.5 Å². The molecule has 172 valence electrons. The fraction of sp³-hybridized carbons (Fsp3) is 0.440. The van der Waals surface area contributed by atoms with Crippen molar-refractivity contribution in [1.29, 1.82) is 0 Å². The average Bonchev–Trinajstić information content (AvgIpc) is 3.32. The van der Waals surface area contributed by atoms with Crippen molar-refractivity contribution in [2.75, 3.05) is 39.2 Å². The van der Waals surface area contributed by atoms with Crippen molar-refractivity contribution in [3.8, 4) is 17.2 Å². The second-order valence-corrected chi connectivity index (χ2v) is 8.27. The van der Waals surface area contributed by atoms with Gasteiger partial charge < -0.3 is 24.4 Å². The van der Waals surface area contributed by atoms with E-state index in [0.717, 1.165) is 24.0 Å². The Morgan fingerprint density at radius 2 is 1.66 bits per heavy atom. The number of anilines is 1. The van der Waals surface area contributed by atoms with Gasteiger partial charge in [-0.1, -0.05) is 26.0 Å². The zero-order chi connectivity index (χ0) is 23.3. The smallest absolute Gasteiger partial charge is 0.262 e. The standard InChI is InChI=1S/C25H32N2O5/c1-16(2)18-9-8-17(3)21(12-18)32-15-24(28)26-20-14-23(31-5)22(30-4)13-19(20)25(29)27-10-6-7-11-27/h8-9,12-14,16H,6-7,10-11,15H2,1-5H3,(H,26,28). The number of amides is 2. The summed E-state index contributed by atoms with van der Waals surface area (Å²) in [4.78, 5) is 27.6. The Bertz CT molecular complexity index is 981. The van der Waals surface area contributed by atoms with E-state index in [4.69, 9.17) is 14.2 Å². The maximum absolute atomic E-state index is 13.1. The average molecular weight is 441 g/mol. The van der Waals surface area contributed by atoms with Crippen molar-refractivity contribution >= 4 is 17.5 Å². The molecule has 0 unspecified atom stereocenters. The Morgan fingerprint density at radius 3 is 2.28 bits per heavy atom. The van der Waals surface area contributed by atoms with Gasteiger partial charge in [0, 0.05) is 19.2 Å². The first-order valence-electron chi connectivity index (χ1n) is 10.9. The van der Waals surface area contributed by atoms with Crippen LogP contribution in [0.4, 0.5) is 5.69 Å². The van der Waals surface area contributed by atoms with Gasteiger partial charge in [-0.25, -0.2) is 0 Å². The highest BCUT2D eigenvalue weighted by atomic mass is 16.5. The minimum absolute atomic E-state index is 0.139. The summed E-state index contributed by atoms with van der Waals surface area (Å²) < 4.78 is 16.5. The zero-order valence-electron chi connectivity index (χ0n) is 19.5. The molecule has 1 N–H and O–H groups in total. The van der Waals surface area contributed by atoms with E-state index in [2.05, 4.69) is 25.2 Å². The van der Waals surface area contributed by atoms with E-state index < -0.39 is 0 Å². The van der Waals surface area contributed by atoms with E-state index in [9.17, 15) is 9.59 Å². The van der Waals surface area contributed by atoms with Crippen LogP contribution in [0.5, 0.6) is 17.2 Å². The molecule has 0 spiro atoms. The molecule has 0 bridgehead atoms. The summed E-state index contributed by atoms with van der Waals surface area (Å²) in [6, 6.07) is 9.25. The quantitative estimate of drug-likeness (QED) is 0.659. The molecule has 0 radical (unpaired) electrons. The largest absolute Gasteiger partial charge is 0.493 e. The highest BCUT2D eigenvalue weighted by Gasteiger charge is 2.25. The number of aryl methyl sites for hydroxylation is 1. The van der Waals surface area contributed by atoms with Gasteiger partial charge in [0.25, 0.3) is 11.8 Å². The lowest BCUT2D eigenvalue weighted by Gasteiger charge is -2.20. The van der Waals surface area contributed by atoms with Gasteiger partial charge in [-0.3, -0.25) is 9.59 Å². The van der Waals surface area contributed by atoms with Gasteiger partial charge in [-0.15, -0.1) is 0 Å². The van der Waals surface area contributed by atoms with Crippen molar-refractivity contribution in [1.82, 2.24) is 4.90 Å². The van der Waals surface area contributed by atoms with Crippen LogP contribution in [0.2, 0.25) is 0 Å². The minimum atomic E-state index is -0.359. The number of hydrogen-bond donors (Lipinski definition) is 1.